The van der Waals surface area contributed by atoms with E-state index in [2.05, 4.69) is 16.0 Å². The van der Waals surface area contributed by atoms with Crippen LogP contribution in [0.2, 0.25) is 0 Å². The molecule has 0 aliphatic rings. The van der Waals surface area contributed by atoms with Crippen molar-refractivity contribution in [2.75, 3.05) is 130 Å². The number of hydrogen-bond donors (Lipinski definition) is 51. The Labute approximate surface area is 649 Å². The molecule has 0 aliphatic heterocycles. The van der Waals surface area contributed by atoms with Gasteiger partial charge in [0.1, 0.15) is 0 Å². The smallest absolute Gasteiger partial charge is 0.329 e. The van der Waals surface area contributed by atoms with Gasteiger partial charge in [0.15, 0.2) is 64.9 Å². The first-order valence-electron chi connectivity index (χ1n) is 26.0. The first-order chi connectivity index (χ1) is 49.1. The highest BCUT2D eigenvalue weighted by molar-refractivity contribution is 7.74. The van der Waals surface area contributed by atoms with Crippen LogP contribution in [0, 0.1) is 0 Å². The maximum atomic E-state index is 9.85. The highest BCUT2D eigenvalue weighted by Gasteiger charge is 2.34. The lowest BCUT2D eigenvalue weighted by Crippen LogP contribution is -2.32. The Morgan fingerprint density at radius 2 is 0.172 bits per heavy atom. The molecular formula is C21H97N7O66P22. The summed E-state index contributed by atoms with van der Waals surface area (Å²) in [6.07, 6.45) is 0. The number of rotatable bonds is 33. The van der Waals surface area contributed by atoms with Crippen molar-refractivity contribution in [1.29, 1.82) is 0 Å². The largest absolute Gasteiger partial charge is 0.337 e. The Morgan fingerprint density at radius 1 is 0.121 bits per heavy atom. The van der Waals surface area contributed by atoms with Crippen LogP contribution in [0.4, 0.5) is 0 Å². The zero-order valence-electron chi connectivity index (χ0n) is 57.2. The second-order valence-corrected chi connectivity index (χ2v) is 61.3. The molecule has 0 saturated carbocycles. The molecule has 0 aromatic rings. The molecule has 0 heterocycles. The summed E-state index contributed by atoms with van der Waals surface area (Å²) in [4.78, 5) is 351. The van der Waals surface area contributed by atoms with Crippen molar-refractivity contribution in [3.8, 4) is 0 Å². The minimum atomic E-state index is -4.55. The van der Waals surface area contributed by atoms with Crippen LogP contribution in [0.25, 0.3) is 0 Å². The van der Waals surface area contributed by atoms with E-state index < -0.39 is 232 Å². The topological polar surface area (TPSA) is 1410 Å². The summed E-state index contributed by atoms with van der Waals surface area (Å²) in [6, 6.07) is 0. The summed E-state index contributed by atoms with van der Waals surface area (Å²) in [5.74, 6) is -15.1. The van der Waals surface area contributed by atoms with Gasteiger partial charge in [-0.05, 0) is 0 Å². The van der Waals surface area contributed by atoms with Crippen molar-refractivity contribution < 1.29 is 316 Å². The Balaban J connectivity index is -0.0000000901. The summed E-state index contributed by atoms with van der Waals surface area (Å²) in [6.45, 7) is 8.27. The van der Waals surface area contributed by atoms with Gasteiger partial charge in [0, 0.05) is 65.4 Å². The van der Waals surface area contributed by atoms with Gasteiger partial charge in [-0.25, -0.2) is 0 Å². The van der Waals surface area contributed by atoms with E-state index in [1.807, 2.05) is 0 Å². The fourth-order valence-corrected chi connectivity index (χ4v) is 24.7. The van der Waals surface area contributed by atoms with Gasteiger partial charge in [0.2, 0.25) is 0 Å². The summed E-state index contributed by atoms with van der Waals surface area (Å²) >= 11 is 0. The molecule has 95 heteroatoms. The fraction of sp³-hybridized carbons (Fsp3) is 1.00. The van der Waals surface area contributed by atoms with Crippen LogP contribution < -0.4 is 38.9 Å². The second-order valence-electron chi connectivity index (χ2n) is 19.6. The standard InChI is InChI=1S/C6H18N4.C4H13N3.11CH6O6P2/c7-1-3-9-5-6-10-4-2-8;5-1-3-7-4-2-6;11*2-8(3,4)1-9(5,6)7/h9-10H,1-8H2;7H,1-6H2;11*1H2,(H2,2,3,4)(H2,5,6,7). The lowest BCUT2D eigenvalue weighted by molar-refractivity contribution is 0.352. The summed E-state index contributed by atoms with van der Waals surface area (Å²) in [5, 5.41) is 9.37. The number of hydrogen-bond acceptors (Lipinski definition) is 29. The van der Waals surface area contributed by atoms with E-state index in [1.54, 1.807) is 0 Å². The first-order valence-corrected chi connectivity index (χ1v) is 65.6. The summed E-state index contributed by atoms with van der Waals surface area (Å²) in [5.41, 5.74) is 20.9. The molecule has 0 amide bonds. The Morgan fingerprint density at radius 3 is 0.207 bits per heavy atom. The maximum Gasteiger partial charge on any atom is 0.337 e. The third-order valence-corrected chi connectivity index (χ3v) is 38.2. The maximum absolute atomic E-state index is 9.85. The average Bonchev–Trinajstić information content (AvgIpc) is 1.01. The van der Waals surface area contributed by atoms with E-state index in [9.17, 15) is 100 Å². The normalized spacial score (nSPS) is 13.2. The minimum Gasteiger partial charge on any atom is -0.329 e. The molecular weight excluding hydrogens is 2090 g/mol. The molecule has 0 rings (SSSR count). The van der Waals surface area contributed by atoms with E-state index in [1.165, 1.54) is 0 Å². The van der Waals surface area contributed by atoms with Gasteiger partial charge in [-0.3, -0.25) is 100 Å². The van der Waals surface area contributed by atoms with Crippen molar-refractivity contribution in [3.05, 3.63) is 0 Å². The molecule has 0 atom stereocenters. The minimum absolute atomic E-state index is 0.694. The van der Waals surface area contributed by atoms with Gasteiger partial charge in [-0.2, -0.15) is 0 Å². The fourth-order valence-electron chi connectivity index (χ4n) is 3.60. The molecule has 0 aromatic carbocycles. The Bertz CT molecular complexity index is 2760. The number of nitrogens with two attached hydrogens (primary N) is 4. The zero-order valence-corrected chi connectivity index (χ0v) is 76.8. The Hall–Kier alpha value is 3.02. The molecule has 0 radical (unpaired) electrons. The molecule has 0 fully saturated rings. The van der Waals surface area contributed by atoms with Crippen molar-refractivity contribution in [2.45, 2.75) is 0 Å². The van der Waals surface area contributed by atoms with Crippen LogP contribution in [0.1, 0.15) is 0 Å². The molecule has 0 bridgehead atoms. The monoisotopic (exact) mass is 2180 g/mol. The van der Waals surface area contributed by atoms with E-state index >= 15 is 0 Å². The van der Waals surface area contributed by atoms with Gasteiger partial charge < -0.3 is 254 Å². The zero-order chi connectivity index (χ0) is 98.0. The molecule has 0 spiro atoms. The Kier molecular flexibility index (Phi) is 81.3. The summed E-state index contributed by atoms with van der Waals surface area (Å²) in [7, 11) is -100. The highest BCUT2D eigenvalue weighted by atomic mass is 31.3. The van der Waals surface area contributed by atoms with E-state index in [0.29, 0.717) is 26.2 Å². The third-order valence-electron chi connectivity index (χ3n) is 5.82. The van der Waals surface area contributed by atoms with Crippen molar-refractivity contribution in [3.63, 3.8) is 0 Å². The predicted octanol–water partition coefficient (Wildman–Crippen LogP) is -11.1. The van der Waals surface area contributed by atoms with Gasteiger partial charge >= 0.3 is 167 Å². The molecule has 55 N–H and O–H groups in total. The van der Waals surface area contributed by atoms with Crippen LogP contribution >= 0.6 is 167 Å². The van der Waals surface area contributed by atoms with Gasteiger partial charge in [0.05, 0.1) is 0 Å². The van der Waals surface area contributed by atoms with Crippen molar-refractivity contribution in [1.82, 2.24) is 16.0 Å². The summed E-state index contributed by atoms with van der Waals surface area (Å²) < 4.78 is 217. The molecule has 0 unspecified atom stereocenters. The molecule has 73 nitrogen and oxygen atoms in total. The lowest BCUT2D eigenvalue weighted by Gasteiger charge is -2.03. The van der Waals surface area contributed by atoms with E-state index in [-0.39, 0.29) is 0 Å². The molecule has 0 saturated heterocycles. The molecule has 0 aliphatic carbocycles. The van der Waals surface area contributed by atoms with Crippen LogP contribution in [0.15, 0.2) is 0 Å². The van der Waals surface area contributed by atoms with Crippen molar-refractivity contribution in [2.24, 2.45) is 22.9 Å². The van der Waals surface area contributed by atoms with Gasteiger partial charge in [-0.15, -0.1) is 0 Å². The molecule has 116 heavy (non-hydrogen) atoms. The lowest BCUT2D eigenvalue weighted by atomic mass is 10.5. The average molecular weight is 2190 g/mol. The first kappa shape index (κ1) is 147. The quantitative estimate of drug-likeness (QED) is 0.0214. The number of nitrogens with one attached hydrogen (secondary N) is 3. The predicted molar refractivity (Wildman–Crippen MR) is 393 cm³/mol. The second kappa shape index (κ2) is 63.9. The van der Waals surface area contributed by atoms with E-state index in [0.717, 1.165) is 39.3 Å². The van der Waals surface area contributed by atoms with E-state index in [4.69, 9.17) is 238 Å². The molecule has 0 aromatic heterocycles. The van der Waals surface area contributed by atoms with Gasteiger partial charge in [0.25, 0.3) is 0 Å². The van der Waals surface area contributed by atoms with Crippen molar-refractivity contribution >= 4 is 167 Å². The highest BCUT2D eigenvalue weighted by Crippen LogP contribution is 2.58. The van der Waals surface area contributed by atoms with Crippen LogP contribution in [-0.2, 0) is 100 Å². The van der Waals surface area contributed by atoms with Crippen LogP contribution in [0.5, 0.6) is 0 Å². The third kappa shape index (κ3) is 246. The molecule has 722 valence electrons. The SMILES string of the molecule is NCCNCCN.NCCNCCNCCN.O=P(O)(O)CP(=O)(O)O.O=P(O)(O)CP(=O)(O)O.O=P(O)(O)CP(=O)(O)O.O=P(O)(O)CP(=O)(O)O.O=P(O)(O)CP(=O)(O)O.O=P(O)(O)CP(=O)(O)O.O=P(O)(O)CP(=O)(O)O.O=P(O)(O)CP(=O)(O)O.O=P(O)(O)CP(=O)(O)O.O=P(O)(O)CP(=O)(O)O.O=P(O)(O)CP(=O)(O)O. The van der Waals surface area contributed by atoms with Crippen LogP contribution in [-0.4, -0.2) is 346 Å². The van der Waals surface area contributed by atoms with Crippen LogP contribution in [0.3, 0.4) is 0 Å². The van der Waals surface area contributed by atoms with Gasteiger partial charge in [-0.1, -0.05) is 0 Å².